The number of ether oxygens (including phenoxy) is 2. The van der Waals surface area contributed by atoms with Gasteiger partial charge in [0.25, 0.3) is 5.91 Å². The van der Waals surface area contributed by atoms with E-state index in [4.69, 9.17) is 9.47 Å². The first kappa shape index (κ1) is 20.6. The molecule has 7 heteroatoms. The van der Waals surface area contributed by atoms with Crippen molar-refractivity contribution in [2.75, 3.05) is 7.11 Å². The highest BCUT2D eigenvalue weighted by molar-refractivity contribution is 7.07. The Labute approximate surface area is 184 Å². The number of carbonyl (C=O) groups excluding carboxylic acids is 1. The lowest BCUT2D eigenvalue weighted by Gasteiger charge is -2.19. The van der Waals surface area contributed by atoms with Gasteiger partial charge in [-0.05, 0) is 35.9 Å². The fourth-order valence-corrected chi connectivity index (χ4v) is 3.67. The van der Waals surface area contributed by atoms with Gasteiger partial charge in [-0.3, -0.25) is 9.78 Å². The summed E-state index contributed by atoms with van der Waals surface area (Å²) in [6.07, 6.45) is 1.72. The van der Waals surface area contributed by atoms with Gasteiger partial charge in [0.1, 0.15) is 6.61 Å². The van der Waals surface area contributed by atoms with Gasteiger partial charge in [0.05, 0.1) is 30.1 Å². The average molecular weight is 432 g/mol. The van der Waals surface area contributed by atoms with Gasteiger partial charge >= 0.3 is 0 Å². The normalized spacial score (nSPS) is 11.5. The zero-order valence-corrected chi connectivity index (χ0v) is 17.7. The van der Waals surface area contributed by atoms with E-state index in [9.17, 15) is 4.79 Å². The molecule has 1 atom stereocenters. The number of nitrogens with zero attached hydrogens (tertiary/aromatic N) is 2. The number of thiazole rings is 1. The monoisotopic (exact) mass is 431 g/mol. The molecule has 0 fully saturated rings. The molecule has 156 valence electrons. The van der Waals surface area contributed by atoms with Crippen LogP contribution in [0.2, 0.25) is 0 Å². The fraction of sp³-hybridized carbons (Fsp3) is 0.125. The van der Waals surface area contributed by atoms with E-state index in [0.29, 0.717) is 23.7 Å². The van der Waals surface area contributed by atoms with E-state index in [1.807, 2.05) is 53.9 Å². The lowest BCUT2D eigenvalue weighted by Crippen LogP contribution is -2.29. The number of amides is 1. The van der Waals surface area contributed by atoms with Crippen molar-refractivity contribution >= 4 is 17.2 Å². The van der Waals surface area contributed by atoms with Gasteiger partial charge in [0.2, 0.25) is 0 Å². The minimum Gasteiger partial charge on any atom is -0.493 e. The van der Waals surface area contributed by atoms with Gasteiger partial charge in [0.15, 0.2) is 11.5 Å². The van der Waals surface area contributed by atoms with Crippen molar-refractivity contribution in [1.82, 2.24) is 15.3 Å². The first-order valence-electron chi connectivity index (χ1n) is 9.69. The van der Waals surface area contributed by atoms with Gasteiger partial charge in [-0.15, -0.1) is 11.3 Å². The van der Waals surface area contributed by atoms with Crippen LogP contribution in [0.15, 0.2) is 83.8 Å². The van der Waals surface area contributed by atoms with Crippen LogP contribution < -0.4 is 14.8 Å². The number of rotatable bonds is 8. The number of hydrogen-bond donors (Lipinski definition) is 1. The average Bonchev–Trinajstić information content (AvgIpc) is 3.36. The summed E-state index contributed by atoms with van der Waals surface area (Å²) in [7, 11) is 1.55. The third-order valence-corrected chi connectivity index (χ3v) is 5.31. The molecule has 0 saturated carbocycles. The maximum Gasteiger partial charge on any atom is 0.252 e. The van der Waals surface area contributed by atoms with Gasteiger partial charge < -0.3 is 14.8 Å². The summed E-state index contributed by atoms with van der Waals surface area (Å²) in [5.74, 6) is 0.803. The van der Waals surface area contributed by atoms with Crippen LogP contribution in [-0.2, 0) is 6.61 Å². The van der Waals surface area contributed by atoms with Crippen molar-refractivity contribution in [2.45, 2.75) is 12.6 Å². The van der Waals surface area contributed by atoms with Crippen LogP contribution in [0.25, 0.3) is 0 Å². The summed E-state index contributed by atoms with van der Waals surface area (Å²) in [5, 5.41) is 5.01. The largest absolute Gasteiger partial charge is 0.493 e. The van der Waals surface area contributed by atoms with Crippen molar-refractivity contribution in [3.05, 3.63) is 106 Å². The van der Waals surface area contributed by atoms with E-state index < -0.39 is 0 Å². The van der Waals surface area contributed by atoms with Crippen LogP contribution in [0.5, 0.6) is 11.5 Å². The van der Waals surface area contributed by atoms with Crippen LogP contribution in [0.1, 0.15) is 33.4 Å². The third-order valence-electron chi connectivity index (χ3n) is 4.68. The molecule has 0 saturated heterocycles. The molecule has 2 aromatic heterocycles. The molecule has 0 spiro atoms. The molecule has 6 nitrogen and oxygen atoms in total. The highest BCUT2D eigenvalue weighted by Crippen LogP contribution is 2.29. The molecule has 0 bridgehead atoms. The lowest BCUT2D eigenvalue weighted by molar-refractivity contribution is 0.0942. The second-order valence-corrected chi connectivity index (χ2v) is 7.42. The van der Waals surface area contributed by atoms with Gasteiger partial charge in [-0.25, -0.2) is 4.98 Å². The number of benzene rings is 2. The quantitative estimate of drug-likeness (QED) is 0.440. The number of hydrogen-bond acceptors (Lipinski definition) is 6. The maximum atomic E-state index is 13.1. The predicted molar refractivity (Wildman–Crippen MR) is 119 cm³/mol. The van der Waals surface area contributed by atoms with Gasteiger partial charge in [-0.2, -0.15) is 0 Å². The maximum absolute atomic E-state index is 13.1. The summed E-state index contributed by atoms with van der Waals surface area (Å²) in [6.45, 7) is 0.334. The van der Waals surface area contributed by atoms with Crippen molar-refractivity contribution in [1.29, 1.82) is 0 Å². The Hall–Kier alpha value is -3.71. The van der Waals surface area contributed by atoms with E-state index in [2.05, 4.69) is 15.3 Å². The second-order valence-electron chi connectivity index (χ2n) is 6.71. The molecular weight excluding hydrogens is 410 g/mol. The SMILES string of the molecule is COc1cc(C(=O)NC(c2ccccc2)c2ccccn2)ccc1OCc1cscn1. The molecular formula is C24H21N3O3S. The molecule has 0 aliphatic rings. The third kappa shape index (κ3) is 5.07. The van der Waals surface area contributed by atoms with E-state index in [0.717, 1.165) is 17.0 Å². The Bertz CT molecular complexity index is 1080. The van der Waals surface area contributed by atoms with Crippen LogP contribution >= 0.6 is 11.3 Å². The van der Waals surface area contributed by atoms with Crippen LogP contribution in [0.4, 0.5) is 0 Å². The van der Waals surface area contributed by atoms with E-state index in [1.54, 1.807) is 37.0 Å². The standard InChI is InChI=1S/C24H21N3O3S/c1-29-22-13-18(10-11-21(22)30-14-19-15-31-16-26-19)24(28)27-23(17-7-3-2-4-8-17)20-9-5-6-12-25-20/h2-13,15-16,23H,14H2,1H3,(H,27,28). The van der Waals surface area contributed by atoms with Crippen molar-refractivity contribution < 1.29 is 14.3 Å². The Morgan fingerprint density at radius 3 is 2.58 bits per heavy atom. The highest BCUT2D eigenvalue weighted by Gasteiger charge is 2.20. The molecule has 2 aromatic carbocycles. The van der Waals surface area contributed by atoms with Crippen molar-refractivity contribution in [3.8, 4) is 11.5 Å². The molecule has 0 aliphatic carbocycles. The number of carbonyl (C=O) groups is 1. The van der Waals surface area contributed by atoms with Gasteiger partial charge in [0, 0.05) is 17.1 Å². The van der Waals surface area contributed by atoms with E-state index in [-0.39, 0.29) is 11.9 Å². The summed E-state index contributed by atoms with van der Waals surface area (Å²) in [4.78, 5) is 21.7. The zero-order valence-electron chi connectivity index (χ0n) is 16.9. The minimum absolute atomic E-state index is 0.233. The summed E-state index contributed by atoms with van der Waals surface area (Å²) in [6, 6.07) is 20.2. The molecule has 31 heavy (non-hydrogen) atoms. The molecule has 1 N–H and O–H groups in total. The molecule has 0 aliphatic heterocycles. The fourth-order valence-electron chi connectivity index (χ4n) is 3.12. The lowest BCUT2D eigenvalue weighted by atomic mass is 10.0. The Kier molecular flexibility index (Phi) is 6.54. The first-order valence-corrected chi connectivity index (χ1v) is 10.6. The molecule has 2 heterocycles. The Morgan fingerprint density at radius 1 is 1.03 bits per heavy atom. The predicted octanol–water partition coefficient (Wildman–Crippen LogP) is 4.65. The number of aromatic nitrogens is 2. The summed E-state index contributed by atoms with van der Waals surface area (Å²) < 4.78 is 11.2. The minimum atomic E-state index is -0.374. The molecule has 4 aromatic rings. The summed E-state index contributed by atoms with van der Waals surface area (Å²) in [5.41, 5.74) is 4.78. The van der Waals surface area contributed by atoms with E-state index >= 15 is 0 Å². The van der Waals surface area contributed by atoms with Gasteiger partial charge in [-0.1, -0.05) is 36.4 Å². The highest BCUT2D eigenvalue weighted by atomic mass is 32.1. The molecule has 0 radical (unpaired) electrons. The van der Waals surface area contributed by atoms with Crippen LogP contribution in [0.3, 0.4) is 0 Å². The molecule has 1 amide bonds. The van der Waals surface area contributed by atoms with Crippen molar-refractivity contribution in [2.24, 2.45) is 0 Å². The van der Waals surface area contributed by atoms with Crippen LogP contribution in [0, 0.1) is 0 Å². The number of methoxy groups -OCH3 is 1. The topological polar surface area (TPSA) is 73.3 Å². The zero-order chi connectivity index (χ0) is 21.5. The Balaban J connectivity index is 1.54. The number of nitrogens with one attached hydrogen (secondary N) is 1. The second kappa shape index (κ2) is 9.86. The molecule has 1 unspecified atom stereocenters. The van der Waals surface area contributed by atoms with Crippen molar-refractivity contribution in [3.63, 3.8) is 0 Å². The summed E-state index contributed by atoms with van der Waals surface area (Å²) >= 11 is 1.51. The first-order chi connectivity index (χ1) is 15.2. The van der Waals surface area contributed by atoms with Crippen LogP contribution in [-0.4, -0.2) is 23.0 Å². The Morgan fingerprint density at radius 2 is 1.87 bits per heavy atom. The van der Waals surface area contributed by atoms with E-state index in [1.165, 1.54) is 11.3 Å². The number of pyridine rings is 1. The smallest absolute Gasteiger partial charge is 0.252 e. The molecule has 4 rings (SSSR count).